The van der Waals surface area contributed by atoms with Crippen molar-refractivity contribution in [3.8, 4) is 0 Å². The number of rotatable bonds is 1. The number of H-pyrrole nitrogens is 1. The van der Waals surface area contributed by atoms with Crippen molar-refractivity contribution >= 4 is 28.5 Å². The second-order valence-electron chi connectivity index (χ2n) is 4.26. The molecule has 18 heavy (non-hydrogen) atoms. The number of nitrogens with one attached hydrogen (secondary N) is 1. The topological polar surface area (TPSA) is 127 Å². The van der Waals surface area contributed by atoms with E-state index in [1.807, 2.05) is 4.90 Å². The molecule has 3 rings (SSSR count). The lowest BCUT2D eigenvalue weighted by Gasteiger charge is -2.15. The molecule has 2 aromatic rings. The maximum absolute atomic E-state index is 11.7. The van der Waals surface area contributed by atoms with Gasteiger partial charge >= 0.3 is 0 Å². The van der Waals surface area contributed by atoms with Gasteiger partial charge in [0, 0.05) is 13.1 Å². The Morgan fingerprint density at radius 3 is 2.56 bits per heavy atom. The second-order valence-corrected chi connectivity index (χ2v) is 4.26. The molecule has 3 heterocycles. The normalized spacial score (nSPS) is 15.4. The maximum Gasteiger partial charge on any atom is 0.291 e. The first-order chi connectivity index (χ1) is 8.66. The van der Waals surface area contributed by atoms with E-state index in [1.54, 1.807) is 0 Å². The molecule has 0 atom stereocenters. The Kier molecular flexibility index (Phi) is 2.29. The lowest BCUT2D eigenvalue weighted by Crippen LogP contribution is -2.23. The fraction of sp³-hybridized carbons (Fsp3) is 0.400. The SMILES string of the molecule is Nc1n[nH]c(=O)c2nc(N3CCCC3)nc(N)c12. The van der Waals surface area contributed by atoms with Gasteiger partial charge in [-0.2, -0.15) is 10.1 Å². The first-order valence-corrected chi connectivity index (χ1v) is 5.73. The molecule has 2 aromatic heterocycles. The first-order valence-electron chi connectivity index (χ1n) is 5.73. The van der Waals surface area contributed by atoms with Crippen LogP contribution in [0.25, 0.3) is 10.9 Å². The van der Waals surface area contributed by atoms with E-state index in [2.05, 4.69) is 20.2 Å². The van der Waals surface area contributed by atoms with Crippen LogP contribution in [0.1, 0.15) is 12.8 Å². The number of anilines is 3. The average Bonchev–Trinajstić information content (AvgIpc) is 2.87. The number of nitrogens with two attached hydrogens (primary N) is 2. The molecule has 0 saturated carbocycles. The zero-order valence-electron chi connectivity index (χ0n) is 9.68. The van der Waals surface area contributed by atoms with E-state index in [0.717, 1.165) is 25.9 Å². The van der Waals surface area contributed by atoms with Crippen LogP contribution in [0.15, 0.2) is 4.79 Å². The summed E-state index contributed by atoms with van der Waals surface area (Å²) in [5, 5.41) is 6.28. The predicted molar refractivity (Wildman–Crippen MR) is 68.2 cm³/mol. The standard InChI is InChI=1S/C10H13N7O/c11-7-5-6(9(18)16-15-8(5)12)13-10(14-7)17-3-1-2-4-17/h1-4H2,(H2,12,15)(H,16,18)(H2,11,13,14). The zero-order valence-corrected chi connectivity index (χ0v) is 9.68. The Labute approximate surface area is 102 Å². The molecule has 0 bridgehead atoms. The van der Waals surface area contributed by atoms with Gasteiger partial charge in [-0.05, 0) is 12.8 Å². The van der Waals surface area contributed by atoms with E-state index in [4.69, 9.17) is 11.5 Å². The Balaban J connectivity index is 2.26. The number of hydrogen-bond acceptors (Lipinski definition) is 7. The summed E-state index contributed by atoms with van der Waals surface area (Å²) in [6, 6.07) is 0. The molecule has 0 unspecified atom stereocenters. The third-order valence-electron chi connectivity index (χ3n) is 3.06. The Morgan fingerprint density at radius 2 is 1.83 bits per heavy atom. The molecule has 1 aliphatic rings. The van der Waals surface area contributed by atoms with Gasteiger partial charge in [0.2, 0.25) is 5.95 Å². The lowest BCUT2D eigenvalue weighted by atomic mass is 10.3. The van der Waals surface area contributed by atoms with E-state index < -0.39 is 5.56 Å². The van der Waals surface area contributed by atoms with E-state index in [9.17, 15) is 4.79 Å². The summed E-state index contributed by atoms with van der Waals surface area (Å²) in [6.45, 7) is 1.76. The molecule has 1 saturated heterocycles. The van der Waals surface area contributed by atoms with E-state index in [-0.39, 0.29) is 17.2 Å². The largest absolute Gasteiger partial charge is 0.383 e. The van der Waals surface area contributed by atoms with Crippen LogP contribution in [-0.4, -0.2) is 33.3 Å². The summed E-state index contributed by atoms with van der Waals surface area (Å²) >= 11 is 0. The van der Waals surface area contributed by atoms with Crippen molar-refractivity contribution < 1.29 is 0 Å². The van der Waals surface area contributed by atoms with Gasteiger partial charge in [-0.3, -0.25) is 4.79 Å². The smallest absolute Gasteiger partial charge is 0.291 e. The molecule has 5 N–H and O–H groups in total. The van der Waals surface area contributed by atoms with Crippen molar-refractivity contribution in [3.63, 3.8) is 0 Å². The average molecular weight is 247 g/mol. The minimum atomic E-state index is -0.409. The summed E-state index contributed by atoms with van der Waals surface area (Å²) in [5.74, 6) is 0.807. The number of hydrogen-bond donors (Lipinski definition) is 3. The summed E-state index contributed by atoms with van der Waals surface area (Å²) < 4.78 is 0. The minimum absolute atomic E-state index is 0.134. The third kappa shape index (κ3) is 1.53. The highest BCUT2D eigenvalue weighted by atomic mass is 16.1. The van der Waals surface area contributed by atoms with Crippen molar-refractivity contribution in [2.45, 2.75) is 12.8 Å². The Morgan fingerprint density at radius 1 is 1.11 bits per heavy atom. The molecule has 0 radical (unpaired) electrons. The zero-order chi connectivity index (χ0) is 12.7. The Bertz CT molecular complexity index is 659. The fourth-order valence-electron chi connectivity index (χ4n) is 2.16. The van der Waals surface area contributed by atoms with Crippen LogP contribution in [0.2, 0.25) is 0 Å². The van der Waals surface area contributed by atoms with Gasteiger partial charge < -0.3 is 16.4 Å². The molecule has 0 aliphatic carbocycles. The molecule has 1 aliphatic heterocycles. The van der Waals surface area contributed by atoms with Gasteiger partial charge in [0.05, 0.1) is 5.39 Å². The lowest BCUT2D eigenvalue weighted by molar-refractivity contribution is 0.904. The van der Waals surface area contributed by atoms with Crippen LogP contribution in [-0.2, 0) is 0 Å². The van der Waals surface area contributed by atoms with E-state index >= 15 is 0 Å². The van der Waals surface area contributed by atoms with E-state index in [0.29, 0.717) is 11.3 Å². The van der Waals surface area contributed by atoms with Gasteiger partial charge in [0.1, 0.15) is 11.3 Å². The van der Waals surface area contributed by atoms with Crippen LogP contribution >= 0.6 is 0 Å². The van der Waals surface area contributed by atoms with Gasteiger partial charge in [0.15, 0.2) is 5.82 Å². The second kappa shape index (κ2) is 3.83. The van der Waals surface area contributed by atoms with Crippen molar-refractivity contribution in [2.24, 2.45) is 0 Å². The number of aromatic nitrogens is 4. The number of nitrogens with zero attached hydrogens (tertiary/aromatic N) is 4. The summed E-state index contributed by atoms with van der Waals surface area (Å²) in [5.41, 5.74) is 11.3. The highest BCUT2D eigenvalue weighted by molar-refractivity contribution is 5.96. The van der Waals surface area contributed by atoms with Crippen LogP contribution in [0.3, 0.4) is 0 Å². The number of fused-ring (bicyclic) bond motifs is 1. The molecular weight excluding hydrogens is 234 g/mol. The van der Waals surface area contributed by atoms with Gasteiger partial charge in [-0.1, -0.05) is 0 Å². The van der Waals surface area contributed by atoms with E-state index in [1.165, 1.54) is 0 Å². The first kappa shape index (κ1) is 10.8. The minimum Gasteiger partial charge on any atom is -0.383 e. The summed E-state index contributed by atoms with van der Waals surface area (Å²) in [4.78, 5) is 22.2. The van der Waals surface area contributed by atoms with Gasteiger partial charge in [-0.25, -0.2) is 10.1 Å². The molecule has 8 heteroatoms. The monoisotopic (exact) mass is 247 g/mol. The molecule has 0 spiro atoms. The van der Waals surface area contributed by atoms with Crippen LogP contribution in [0.5, 0.6) is 0 Å². The highest BCUT2D eigenvalue weighted by Crippen LogP contribution is 2.23. The summed E-state index contributed by atoms with van der Waals surface area (Å²) in [7, 11) is 0. The Hall–Kier alpha value is -2.38. The molecule has 8 nitrogen and oxygen atoms in total. The van der Waals surface area contributed by atoms with Crippen LogP contribution < -0.4 is 21.9 Å². The quantitative estimate of drug-likeness (QED) is 0.618. The number of aromatic amines is 1. The molecular formula is C10H13N7O. The third-order valence-corrected chi connectivity index (χ3v) is 3.06. The highest BCUT2D eigenvalue weighted by Gasteiger charge is 2.19. The fourth-order valence-corrected chi connectivity index (χ4v) is 2.16. The molecule has 0 amide bonds. The number of nitrogen functional groups attached to an aromatic ring is 2. The van der Waals surface area contributed by atoms with Crippen molar-refractivity contribution in [2.75, 3.05) is 29.5 Å². The van der Waals surface area contributed by atoms with Crippen LogP contribution in [0, 0.1) is 0 Å². The van der Waals surface area contributed by atoms with Crippen LogP contribution in [0.4, 0.5) is 17.6 Å². The predicted octanol–water partition coefficient (Wildman–Crippen LogP) is -0.522. The molecule has 94 valence electrons. The van der Waals surface area contributed by atoms with Gasteiger partial charge in [0.25, 0.3) is 5.56 Å². The molecule has 0 aromatic carbocycles. The van der Waals surface area contributed by atoms with Crippen molar-refractivity contribution in [3.05, 3.63) is 10.4 Å². The van der Waals surface area contributed by atoms with Crippen molar-refractivity contribution in [1.29, 1.82) is 0 Å². The maximum atomic E-state index is 11.7. The summed E-state index contributed by atoms with van der Waals surface area (Å²) in [6.07, 6.45) is 2.19. The molecule has 1 fully saturated rings. The van der Waals surface area contributed by atoms with Crippen molar-refractivity contribution in [1.82, 2.24) is 20.2 Å². The van der Waals surface area contributed by atoms with Gasteiger partial charge in [-0.15, -0.1) is 0 Å².